The molecule has 1 aromatic carbocycles. The van der Waals surface area contributed by atoms with Crippen molar-refractivity contribution in [1.29, 1.82) is 0 Å². The molecule has 0 radical (unpaired) electrons. The van der Waals surface area contributed by atoms with Crippen molar-refractivity contribution in [1.82, 2.24) is 15.0 Å². The number of hydrogen-bond acceptors (Lipinski definition) is 6. The summed E-state index contributed by atoms with van der Waals surface area (Å²) in [6, 6.07) is 6.44. The van der Waals surface area contributed by atoms with Crippen LogP contribution in [0.4, 0.5) is 10.3 Å². The highest BCUT2D eigenvalue weighted by Gasteiger charge is 2.08. The predicted molar refractivity (Wildman–Crippen MR) is 75.7 cm³/mol. The number of anilines is 1. The zero-order chi connectivity index (χ0) is 14.4. The van der Waals surface area contributed by atoms with Crippen molar-refractivity contribution in [2.75, 3.05) is 18.5 Å². The van der Waals surface area contributed by atoms with Gasteiger partial charge in [-0.25, -0.2) is 4.39 Å². The number of rotatable bonds is 6. The van der Waals surface area contributed by atoms with Crippen molar-refractivity contribution >= 4 is 17.7 Å². The van der Waals surface area contributed by atoms with Gasteiger partial charge < -0.3 is 10.1 Å². The Hall–Kier alpha value is -1.89. The van der Waals surface area contributed by atoms with Gasteiger partial charge in [-0.1, -0.05) is 0 Å². The molecule has 2 rings (SSSR count). The minimum Gasteiger partial charge on any atom is -0.464 e. The zero-order valence-electron chi connectivity index (χ0n) is 11.3. The molecule has 20 heavy (non-hydrogen) atoms. The van der Waals surface area contributed by atoms with Crippen LogP contribution in [0.25, 0.3) is 0 Å². The fourth-order valence-electron chi connectivity index (χ4n) is 1.42. The summed E-state index contributed by atoms with van der Waals surface area (Å²) in [4.78, 5) is 13.5. The molecular weight excluding hydrogens is 279 g/mol. The van der Waals surface area contributed by atoms with E-state index in [1.54, 1.807) is 12.1 Å². The first-order valence-corrected chi connectivity index (χ1v) is 7.09. The molecule has 0 bridgehead atoms. The van der Waals surface area contributed by atoms with Crippen molar-refractivity contribution < 1.29 is 9.13 Å². The third-order valence-electron chi connectivity index (χ3n) is 2.23. The molecule has 1 heterocycles. The van der Waals surface area contributed by atoms with Crippen LogP contribution in [0.15, 0.2) is 34.3 Å². The van der Waals surface area contributed by atoms with Crippen LogP contribution in [0.2, 0.25) is 0 Å². The second-order valence-electron chi connectivity index (χ2n) is 3.74. The van der Waals surface area contributed by atoms with Crippen LogP contribution >= 0.6 is 11.8 Å². The van der Waals surface area contributed by atoms with Gasteiger partial charge in [-0.2, -0.15) is 15.0 Å². The molecule has 1 N–H and O–H groups in total. The Bertz CT molecular complexity index is 541. The topological polar surface area (TPSA) is 59.9 Å². The number of benzene rings is 1. The first-order valence-electron chi connectivity index (χ1n) is 6.27. The van der Waals surface area contributed by atoms with Crippen LogP contribution in [0.5, 0.6) is 6.01 Å². The number of nitrogens with zero attached hydrogens (tertiary/aromatic N) is 3. The molecule has 0 unspecified atom stereocenters. The summed E-state index contributed by atoms with van der Waals surface area (Å²) in [5.41, 5.74) is 0. The highest BCUT2D eigenvalue weighted by molar-refractivity contribution is 7.99. The summed E-state index contributed by atoms with van der Waals surface area (Å²) < 4.78 is 18.2. The SMILES string of the molecule is CCNc1nc(OCC)nc(Sc2ccc(F)cc2)n1. The van der Waals surface area contributed by atoms with E-state index >= 15 is 0 Å². The van der Waals surface area contributed by atoms with E-state index in [0.717, 1.165) is 4.90 Å². The lowest BCUT2D eigenvalue weighted by molar-refractivity contribution is 0.308. The Balaban J connectivity index is 2.22. The fourth-order valence-corrected chi connectivity index (χ4v) is 2.16. The van der Waals surface area contributed by atoms with Gasteiger partial charge in [0.15, 0.2) is 0 Å². The molecule has 0 saturated heterocycles. The largest absolute Gasteiger partial charge is 0.464 e. The zero-order valence-corrected chi connectivity index (χ0v) is 12.1. The number of halogens is 1. The molecule has 0 amide bonds. The fraction of sp³-hybridized carbons (Fsp3) is 0.308. The number of nitrogens with one attached hydrogen (secondary N) is 1. The molecule has 2 aromatic rings. The second kappa shape index (κ2) is 7.04. The molecule has 0 spiro atoms. The van der Waals surface area contributed by atoms with Crippen LogP contribution < -0.4 is 10.1 Å². The van der Waals surface area contributed by atoms with E-state index in [1.165, 1.54) is 23.9 Å². The van der Waals surface area contributed by atoms with Gasteiger partial charge in [-0.05, 0) is 49.9 Å². The van der Waals surface area contributed by atoms with Crippen molar-refractivity contribution in [3.05, 3.63) is 30.1 Å². The Labute approximate surface area is 121 Å². The van der Waals surface area contributed by atoms with Gasteiger partial charge in [0.25, 0.3) is 0 Å². The van der Waals surface area contributed by atoms with Gasteiger partial charge in [0.2, 0.25) is 11.1 Å². The summed E-state index contributed by atoms with van der Waals surface area (Å²) in [5, 5.41) is 3.53. The first-order chi connectivity index (χ1) is 9.71. The highest BCUT2D eigenvalue weighted by Crippen LogP contribution is 2.26. The average Bonchev–Trinajstić information content (AvgIpc) is 2.42. The van der Waals surface area contributed by atoms with E-state index in [1.807, 2.05) is 13.8 Å². The monoisotopic (exact) mass is 294 g/mol. The summed E-state index contributed by atoms with van der Waals surface area (Å²) >= 11 is 1.33. The summed E-state index contributed by atoms with van der Waals surface area (Å²) in [6.07, 6.45) is 0. The van der Waals surface area contributed by atoms with Gasteiger partial charge in [-0.3, -0.25) is 0 Å². The van der Waals surface area contributed by atoms with Crippen molar-refractivity contribution in [2.45, 2.75) is 23.9 Å². The van der Waals surface area contributed by atoms with Crippen LogP contribution in [-0.2, 0) is 0 Å². The Kier molecular flexibility index (Phi) is 5.11. The Morgan fingerprint density at radius 2 is 1.90 bits per heavy atom. The highest BCUT2D eigenvalue weighted by atomic mass is 32.2. The smallest absolute Gasteiger partial charge is 0.322 e. The van der Waals surface area contributed by atoms with Gasteiger partial charge in [0, 0.05) is 11.4 Å². The predicted octanol–water partition coefficient (Wildman–Crippen LogP) is 2.99. The number of aromatic nitrogens is 3. The minimum atomic E-state index is -0.270. The maximum atomic E-state index is 12.9. The maximum absolute atomic E-state index is 12.9. The van der Waals surface area contributed by atoms with Crippen molar-refractivity contribution in [2.24, 2.45) is 0 Å². The summed E-state index contributed by atoms with van der Waals surface area (Å²) in [5.74, 6) is 0.198. The number of hydrogen-bond donors (Lipinski definition) is 1. The van der Waals surface area contributed by atoms with Gasteiger partial charge in [0.05, 0.1) is 6.61 Å². The lowest BCUT2D eigenvalue weighted by Crippen LogP contribution is -2.07. The molecule has 0 aliphatic heterocycles. The van der Waals surface area contributed by atoms with Crippen LogP contribution in [-0.4, -0.2) is 28.1 Å². The first kappa shape index (κ1) is 14.5. The molecular formula is C13H15FN4OS. The van der Waals surface area contributed by atoms with E-state index in [4.69, 9.17) is 4.74 Å². The van der Waals surface area contributed by atoms with Crippen LogP contribution in [0.1, 0.15) is 13.8 Å². The lowest BCUT2D eigenvalue weighted by Gasteiger charge is -2.07. The van der Waals surface area contributed by atoms with Gasteiger partial charge >= 0.3 is 6.01 Å². The minimum absolute atomic E-state index is 0.270. The van der Waals surface area contributed by atoms with Crippen LogP contribution in [0, 0.1) is 5.82 Å². The molecule has 0 aliphatic rings. The molecule has 7 heteroatoms. The second-order valence-corrected chi connectivity index (χ2v) is 4.78. The summed E-state index contributed by atoms with van der Waals surface area (Å²) in [7, 11) is 0. The average molecular weight is 294 g/mol. The van der Waals surface area contributed by atoms with E-state index in [-0.39, 0.29) is 11.8 Å². The standard InChI is InChI=1S/C13H15FN4OS/c1-3-15-11-16-12(19-4-2)18-13(17-11)20-10-7-5-9(14)6-8-10/h5-8H,3-4H2,1-2H3,(H,15,16,17,18). The van der Waals surface area contributed by atoms with Crippen molar-refractivity contribution in [3.8, 4) is 6.01 Å². The molecule has 106 valence electrons. The van der Waals surface area contributed by atoms with Crippen LogP contribution in [0.3, 0.4) is 0 Å². The van der Waals surface area contributed by atoms with Gasteiger partial charge in [-0.15, -0.1) is 0 Å². The molecule has 0 saturated carbocycles. The van der Waals surface area contributed by atoms with E-state index in [2.05, 4.69) is 20.3 Å². The molecule has 1 aromatic heterocycles. The normalized spacial score (nSPS) is 10.3. The Morgan fingerprint density at radius 1 is 1.15 bits per heavy atom. The molecule has 0 atom stereocenters. The Morgan fingerprint density at radius 3 is 2.55 bits per heavy atom. The quantitative estimate of drug-likeness (QED) is 0.884. The van der Waals surface area contributed by atoms with E-state index < -0.39 is 0 Å². The summed E-state index contributed by atoms with van der Waals surface area (Å²) in [6.45, 7) is 5.01. The van der Waals surface area contributed by atoms with E-state index in [0.29, 0.717) is 24.3 Å². The molecule has 0 fully saturated rings. The third kappa shape index (κ3) is 4.06. The maximum Gasteiger partial charge on any atom is 0.322 e. The van der Waals surface area contributed by atoms with E-state index in [9.17, 15) is 4.39 Å². The third-order valence-corrected chi connectivity index (χ3v) is 3.10. The lowest BCUT2D eigenvalue weighted by atomic mass is 10.4. The number of ether oxygens (including phenoxy) is 1. The van der Waals surface area contributed by atoms with Gasteiger partial charge in [0.1, 0.15) is 5.82 Å². The van der Waals surface area contributed by atoms with Crippen molar-refractivity contribution in [3.63, 3.8) is 0 Å². The molecule has 0 aliphatic carbocycles. The molecule has 5 nitrogen and oxygen atoms in total.